The number of rotatable bonds is 8. The summed E-state index contributed by atoms with van der Waals surface area (Å²) in [5.74, 6) is -0.398. The van der Waals surface area contributed by atoms with Gasteiger partial charge in [0.2, 0.25) is 0 Å². The van der Waals surface area contributed by atoms with Gasteiger partial charge in [-0.15, -0.1) is 0 Å². The molecule has 6 nitrogen and oxygen atoms in total. The summed E-state index contributed by atoms with van der Waals surface area (Å²) in [6.45, 7) is 12.0. The molecule has 0 fully saturated rings. The van der Waals surface area contributed by atoms with Gasteiger partial charge in [0.15, 0.2) is 0 Å². The molecule has 0 spiro atoms. The second-order valence-corrected chi connectivity index (χ2v) is 13.5. The fraction of sp³-hybridized carbons (Fsp3) is 0.450. The van der Waals surface area contributed by atoms with Crippen LogP contribution >= 0.6 is 0 Å². The molecule has 0 unspecified atom stereocenters. The molecule has 0 aliphatic carbocycles. The minimum Gasteiger partial charge on any atom is -0.465 e. The number of nitrogens with one attached hydrogen (secondary N) is 1. The first-order chi connectivity index (χ1) is 12.7. The first-order valence-corrected chi connectivity index (χ1v) is 12.7. The Morgan fingerprint density at radius 3 is 2.59 bits per heavy atom. The molecule has 1 heterocycles. The summed E-state index contributed by atoms with van der Waals surface area (Å²) in [7, 11) is 0.236. The van der Waals surface area contributed by atoms with Crippen molar-refractivity contribution in [2.45, 2.75) is 46.3 Å². The van der Waals surface area contributed by atoms with E-state index < -0.39 is 14.0 Å². The van der Waals surface area contributed by atoms with Crippen molar-refractivity contribution in [3.05, 3.63) is 40.7 Å². The predicted molar refractivity (Wildman–Crippen MR) is 110 cm³/mol. The zero-order valence-corrected chi connectivity index (χ0v) is 18.0. The van der Waals surface area contributed by atoms with Crippen LogP contribution in [-0.2, 0) is 16.2 Å². The first-order valence-electron chi connectivity index (χ1n) is 9.03. The SMILES string of the molecule is COC(=O)c1ccc(C=N)c(-c2c(C)nn(COCC[Si](C)(C)C)c2C)c1. The molecule has 0 aliphatic heterocycles. The zero-order valence-electron chi connectivity index (χ0n) is 17.0. The second kappa shape index (κ2) is 8.62. The van der Waals surface area contributed by atoms with Crippen molar-refractivity contribution in [3.8, 4) is 11.1 Å². The largest absolute Gasteiger partial charge is 0.465 e. The highest BCUT2D eigenvalue weighted by Crippen LogP contribution is 2.30. The number of ether oxygens (including phenoxy) is 2. The van der Waals surface area contributed by atoms with Gasteiger partial charge in [-0.3, -0.25) is 0 Å². The molecule has 0 saturated heterocycles. The lowest BCUT2D eigenvalue weighted by Gasteiger charge is -2.15. The molecule has 0 amide bonds. The first kappa shape index (κ1) is 21.1. The van der Waals surface area contributed by atoms with Gasteiger partial charge in [-0.1, -0.05) is 25.7 Å². The Morgan fingerprint density at radius 2 is 2.00 bits per heavy atom. The molecule has 0 aliphatic rings. The van der Waals surface area contributed by atoms with E-state index in [0.717, 1.165) is 40.7 Å². The van der Waals surface area contributed by atoms with E-state index in [2.05, 4.69) is 24.7 Å². The predicted octanol–water partition coefficient (Wildman–Crippen LogP) is 4.26. The van der Waals surface area contributed by atoms with Crippen LogP contribution in [0.15, 0.2) is 18.2 Å². The Bertz CT molecular complexity index is 838. The normalized spacial score (nSPS) is 11.5. The summed E-state index contributed by atoms with van der Waals surface area (Å²) in [6, 6.07) is 6.30. The number of nitrogens with zero attached hydrogens (tertiary/aromatic N) is 2. The van der Waals surface area contributed by atoms with Crippen LogP contribution in [0.5, 0.6) is 0 Å². The maximum Gasteiger partial charge on any atom is 0.337 e. The Hall–Kier alpha value is -2.25. The number of methoxy groups -OCH3 is 1. The molecule has 27 heavy (non-hydrogen) atoms. The van der Waals surface area contributed by atoms with Gasteiger partial charge in [0.1, 0.15) is 6.73 Å². The van der Waals surface area contributed by atoms with Crippen molar-refractivity contribution in [2.24, 2.45) is 0 Å². The van der Waals surface area contributed by atoms with Gasteiger partial charge in [-0.25, -0.2) is 9.48 Å². The average molecular weight is 388 g/mol. The van der Waals surface area contributed by atoms with E-state index in [-0.39, 0.29) is 0 Å². The van der Waals surface area contributed by atoms with Crippen LogP contribution in [0.1, 0.15) is 27.3 Å². The summed E-state index contributed by atoms with van der Waals surface area (Å²) in [5.41, 5.74) is 4.70. The van der Waals surface area contributed by atoms with Crippen LogP contribution in [0.4, 0.5) is 0 Å². The van der Waals surface area contributed by atoms with Gasteiger partial charge >= 0.3 is 5.97 Å². The fourth-order valence-electron chi connectivity index (χ4n) is 2.89. The van der Waals surface area contributed by atoms with E-state index in [1.54, 1.807) is 18.2 Å². The summed E-state index contributed by atoms with van der Waals surface area (Å²) in [6.07, 6.45) is 1.29. The zero-order chi connectivity index (χ0) is 20.2. The topological polar surface area (TPSA) is 77.2 Å². The van der Waals surface area contributed by atoms with Crippen LogP contribution in [0.2, 0.25) is 25.7 Å². The van der Waals surface area contributed by atoms with Crippen LogP contribution in [0.25, 0.3) is 11.1 Å². The van der Waals surface area contributed by atoms with Gasteiger partial charge in [0.05, 0.1) is 18.4 Å². The molecule has 0 bridgehead atoms. The van der Waals surface area contributed by atoms with Crippen LogP contribution in [0.3, 0.4) is 0 Å². The van der Waals surface area contributed by atoms with E-state index in [1.807, 2.05) is 18.5 Å². The van der Waals surface area contributed by atoms with Crippen molar-refractivity contribution in [1.29, 1.82) is 5.41 Å². The summed E-state index contributed by atoms with van der Waals surface area (Å²) in [4.78, 5) is 11.9. The van der Waals surface area contributed by atoms with E-state index >= 15 is 0 Å². The number of esters is 1. The van der Waals surface area contributed by atoms with Crippen LogP contribution in [0, 0.1) is 19.3 Å². The van der Waals surface area contributed by atoms with E-state index in [0.29, 0.717) is 12.3 Å². The number of aryl methyl sites for hydroxylation is 1. The third kappa shape index (κ3) is 5.14. The smallest absolute Gasteiger partial charge is 0.337 e. The van der Waals surface area contributed by atoms with Crippen molar-refractivity contribution in [3.63, 3.8) is 0 Å². The summed E-state index contributed by atoms with van der Waals surface area (Å²) < 4.78 is 12.5. The molecular formula is C20H29N3O3Si. The average Bonchev–Trinajstić information content (AvgIpc) is 2.90. The number of carbonyl (C=O) groups excluding carboxylic acids is 1. The molecule has 146 valence electrons. The molecule has 0 radical (unpaired) electrons. The molecule has 2 aromatic rings. The van der Waals surface area contributed by atoms with E-state index in [9.17, 15) is 4.79 Å². The monoisotopic (exact) mass is 387 g/mol. The van der Waals surface area contributed by atoms with Crippen LogP contribution < -0.4 is 0 Å². The van der Waals surface area contributed by atoms with Gasteiger partial charge in [0, 0.05) is 37.7 Å². The number of hydrogen-bond donors (Lipinski definition) is 1. The Morgan fingerprint density at radius 1 is 1.30 bits per heavy atom. The lowest BCUT2D eigenvalue weighted by molar-refractivity contribution is 0.0600. The molecule has 2 rings (SSSR count). The van der Waals surface area contributed by atoms with Gasteiger partial charge in [-0.05, 0) is 37.6 Å². The highest BCUT2D eigenvalue weighted by atomic mass is 28.3. The molecule has 1 N–H and O–H groups in total. The van der Waals surface area contributed by atoms with Crippen molar-refractivity contribution >= 4 is 20.3 Å². The van der Waals surface area contributed by atoms with Gasteiger partial charge in [-0.2, -0.15) is 5.10 Å². The van der Waals surface area contributed by atoms with E-state index in [4.69, 9.17) is 14.9 Å². The highest BCUT2D eigenvalue weighted by molar-refractivity contribution is 6.76. The third-order valence-electron chi connectivity index (χ3n) is 4.49. The van der Waals surface area contributed by atoms with Gasteiger partial charge < -0.3 is 14.9 Å². The Balaban J connectivity index is 2.33. The second-order valence-electron chi connectivity index (χ2n) is 7.83. The van der Waals surface area contributed by atoms with Gasteiger partial charge in [0.25, 0.3) is 0 Å². The van der Waals surface area contributed by atoms with Crippen molar-refractivity contribution in [1.82, 2.24) is 9.78 Å². The number of benzene rings is 1. The molecule has 7 heteroatoms. The summed E-state index contributed by atoms with van der Waals surface area (Å²) >= 11 is 0. The number of aromatic nitrogens is 2. The molecular weight excluding hydrogens is 358 g/mol. The Labute approximate surface area is 162 Å². The van der Waals surface area contributed by atoms with E-state index in [1.165, 1.54) is 13.3 Å². The number of hydrogen-bond acceptors (Lipinski definition) is 5. The lowest BCUT2D eigenvalue weighted by atomic mass is 9.96. The quantitative estimate of drug-likeness (QED) is 0.318. The molecule has 0 atom stereocenters. The standard InChI is InChI=1S/C20H29N3O3Si/c1-14-19(15(2)23(22-14)13-26-9-10-27(4,5)6)18-11-16(20(24)25-3)7-8-17(18)12-21/h7-8,11-12,21H,9-10,13H2,1-6H3. The number of carbonyl (C=O) groups is 1. The van der Waals surface area contributed by atoms with Crippen molar-refractivity contribution in [2.75, 3.05) is 13.7 Å². The molecule has 1 aromatic heterocycles. The lowest BCUT2D eigenvalue weighted by Crippen LogP contribution is -2.22. The maximum absolute atomic E-state index is 11.9. The highest BCUT2D eigenvalue weighted by Gasteiger charge is 2.18. The maximum atomic E-state index is 11.9. The minimum atomic E-state index is -1.12. The van der Waals surface area contributed by atoms with Crippen LogP contribution in [-0.4, -0.2) is 43.8 Å². The molecule has 1 aromatic carbocycles. The third-order valence-corrected chi connectivity index (χ3v) is 6.19. The Kier molecular flexibility index (Phi) is 6.72. The summed E-state index contributed by atoms with van der Waals surface area (Å²) in [5, 5.41) is 12.3. The fourth-order valence-corrected chi connectivity index (χ4v) is 3.64. The minimum absolute atomic E-state index is 0.397. The van der Waals surface area contributed by atoms with Crippen molar-refractivity contribution < 1.29 is 14.3 Å². The molecule has 0 saturated carbocycles.